The second-order valence-electron chi connectivity index (χ2n) is 5.30. The number of hydrogen-bond acceptors (Lipinski definition) is 5. The van der Waals surface area contributed by atoms with Crippen molar-refractivity contribution in [1.29, 1.82) is 0 Å². The van der Waals surface area contributed by atoms with Gasteiger partial charge in [0.15, 0.2) is 16.1 Å². The van der Waals surface area contributed by atoms with Gasteiger partial charge in [0.05, 0.1) is 21.1 Å². The lowest BCUT2D eigenvalue weighted by atomic mass is 10.5. The summed E-state index contributed by atoms with van der Waals surface area (Å²) in [7, 11) is 2.15. The van der Waals surface area contributed by atoms with Crippen LogP contribution in [-0.4, -0.2) is 56.9 Å². The maximum absolute atomic E-state index is 12.2. The second-order valence-corrected chi connectivity index (χ2v) is 8.23. The van der Waals surface area contributed by atoms with Gasteiger partial charge in [0.25, 0.3) is 0 Å². The summed E-state index contributed by atoms with van der Waals surface area (Å²) < 4.78 is 29.1. The molecule has 0 spiro atoms. The van der Waals surface area contributed by atoms with E-state index < -0.39 is 7.60 Å². The Morgan fingerprint density at radius 2 is 2.11 bits per heavy atom. The molecular formula is C11H19NO5PS+. The molecule has 1 atom stereocenters. The Morgan fingerprint density at radius 1 is 1.42 bits per heavy atom. The van der Waals surface area contributed by atoms with E-state index in [9.17, 15) is 9.46 Å². The zero-order valence-electron chi connectivity index (χ0n) is 11.3. The molecule has 19 heavy (non-hydrogen) atoms. The predicted octanol–water partition coefficient (Wildman–Crippen LogP) is 1.05. The van der Waals surface area contributed by atoms with E-state index in [0.29, 0.717) is 35.7 Å². The third-order valence-electron chi connectivity index (χ3n) is 2.57. The van der Waals surface area contributed by atoms with Crippen molar-refractivity contribution in [3.05, 3.63) is 5.38 Å². The Morgan fingerprint density at radius 3 is 2.79 bits per heavy atom. The van der Waals surface area contributed by atoms with Crippen LogP contribution in [0.2, 0.25) is 0 Å². The molecule has 1 aliphatic rings. The number of hydrogen-bond donors (Lipinski definition) is 1. The van der Waals surface area contributed by atoms with E-state index in [2.05, 4.69) is 0 Å². The molecule has 0 fully saturated rings. The first-order valence-corrected chi connectivity index (χ1v) is 8.41. The van der Waals surface area contributed by atoms with E-state index in [1.54, 1.807) is 5.38 Å². The van der Waals surface area contributed by atoms with Crippen LogP contribution >= 0.6 is 18.9 Å². The molecule has 0 saturated carbocycles. The van der Waals surface area contributed by atoms with Crippen molar-refractivity contribution in [2.45, 2.75) is 0 Å². The SMILES string of the molecule is C[N+](C)(C)CCOP(=O)(O)c1scc2c1OCCO2. The Bertz CT molecular complexity index is 496. The molecule has 1 aromatic heterocycles. The molecule has 1 aliphatic heterocycles. The molecule has 2 rings (SSSR count). The lowest BCUT2D eigenvalue weighted by Crippen LogP contribution is -2.37. The third kappa shape index (κ3) is 3.70. The highest BCUT2D eigenvalue weighted by Crippen LogP contribution is 2.49. The van der Waals surface area contributed by atoms with Gasteiger partial charge in [0.1, 0.15) is 26.4 Å². The summed E-state index contributed by atoms with van der Waals surface area (Å²) in [6.45, 7) is 1.71. The highest BCUT2D eigenvalue weighted by molar-refractivity contribution is 7.68. The summed E-state index contributed by atoms with van der Waals surface area (Å²) in [4.78, 5) is 10.0. The molecule has 1 N–H and O–H groups in total. The first-order valence-electron chi connectivity index (χ1n) is 5.95. The summed E-state index contributed by atoms with van der Waals surface area (Å²) in [5.74, 6) is 0.878. The summed E-state index contributed by atoms with van der Waals surface area (Å²) in [5, 5.41) is 1.68. The lowest BCUT2D eigenvalue weighted by molar-refractivity contribution is -0.870. The van der Waals surface area contributed by atoms with Gasteiger partial charge in [0.2, 0.25) is 0 Å². The standard InChI is InChI=1S/C11H18NO5PS/c1-12(2,3)4-5-17-18(13,14)11-10-9(8-19-11)15-6-7-16-10/h8H,4-7H2,1-3H3/p+1. The van der Waals surface area contributed by atoms with Crippen molar-refractivity contribution in [1.82, 2.24) is 0 Å². The minimum Gasteiger partial charge on any atom is -0.485 e. The monoisotopic (exact) mass is 308 g/mol. The van der Waals surface area contributed by atoms with Crippen molar-refractivity contribution in [2.75, 3.05) is 47.5 Å². The topological polar surface area (TPSA) is 65.0 Å². The van der Waals surface area contributed by atoms with Crippen LogP contribution in [0, 0.1) is 0 Å². The molecule has 0 aromatic carbocycles. The molecule has 0 radical (unpaired) electrons. The van der Waals surface area contributed by atoms with Crippen LogP contribution < -0.4 is 14.1 Å². The quantitative estimate of drug-likeness (QED) is 0.651. The predicted molar refractivity (Wildman–Crippen MR) is 73.6 cm³/mol. The van der Waals surface area contributed by atoms with Crippen LogP contribution in [0.15, 0.2) is 5.38 Å². The molecule has 0 bridgehead atoms. The number of thiophene rings is 1. The molecule has 0 aliphatic carbocycles. The number of rotatable bonds is 5. The van der Waals surface area contributed by atoms with Crippen LogP contribution in [0.4, 0.5) is 0 Å². The number of ether oxygens (including phenoxy) is 2. The average Bonchev–Trinajstić information content (AvgIpc) is 2.71. The van der Waals surface area contributed by atoms with Gasteiger partial charge in [-0.1, -0.05) is 0 Å². The normalized spacial score (nSPS) is 18.1. The molecule has 1 aromatic rings. The van der Waals surface area contributed by atoms with Crippen molar-refractivity contribution < 1.29 is 27.9 Å². The first-order chi connectivity index (χ1) is 8.80. The summed E-state index contributed by atoms with van der Waals surface area (Å²) in [5.41, 5.74) is 0. The third-order valence-corrected chi connectivity index (χ3v) is 5.57. The highest BCUT2D eigenvalue weighted by Gasteiger charge is 2.33. The van der Waals surface area contributed by atoms with Crippen LogP contribution in [0.25, 0.3) is 0 Å². The highest BCUT2D eigenvalue weighted by atomic mass is 32.1. The summed E-state index contributed by atoms with van der Waals surface area (Å²) in [6, 6.07) is 0. The van der Waals surface area contributed by atoms with Crippen molar-refractivity contribution in [3.63, 3.8) is 0 Å². The molecule has 2 heterocycles. The molecule has 0 amide bonds. The van der Waals surface area contributed by atoms with Gasteiger partial charge >= 0.3 is 7.60 Å². The van der Waals surface area contributed by atoms with Gasteiger partial charge < -0.3 is 18.9 Å². The summed E-state index contributed by atoms with van der Waals surface area (Å²) in [6.07, 6.45) is 0. The molecule has 0 saturated heterocycles. The van der Waals surface area contributed by atoms with E-state index >= 15 is 0 Å². The fourth-order valence-corrected chi connectivity index (χ4v) is 3.93. The molecular weight excluding hydrogens is 289 g/mol. The number of likely N-dealkylation sites (N-methyl/N-ethyl adjacent to an activating group) is 1. The summed E-state index contributed by atoms with van der Waals surface area (Å²) >= 11 is 1.14. The fourth-order valence-electron chi connectivity index (χ4n) is 1.54. The Hall–Kier alpha value is -0.590. The number of fused-ring (bicyclic) bond motifs is 1. The smallest absolute Gasteiger partial charge is 0.372 e. The van der Waals surface area contributed by atoms with Gasteiger partial charge in [-0.2, -0.15) is 0 Å². The zero-order chi connectivity index (χ0) is 14.1. The minimum absolute atomic E-state index is 0.213. The maximum Gasteiger partial charge on any atom is 0.372 e. The van der Waals surface area contributed by atoms with Crippen LogP contribution in [0.1, 0.15) is 0 Å². The average molecular weight is 308 g/mol. The van der Waals surface area contributed by atoms with Crippen molar-refractivity contribution >= 4 is 23.6 Å². The Kier molecular flexibility index (Phi) is 4.23. The molecule has 1 unspecified atom stereocenters. The Labute approximate surface area is 116 Å². The van der Waals surface area contributed by atoms with Gasteiger partial charge in [-0.25, -0.2) is 0 Å². The number of nitrogens with zero attached hydrogens (tertiary/aromatic N) is 1. The second kappa shape index (κ2) is 5.42. The van der Waals surface area contributed by atoms with Crippen LogP contribution in [-0.2, 0) is 9.09 Å². The van der Waals surface area contributed by atoms with Gasteiger partial charge in [-0.3, -0.25) is 9.09 Å². The van der Waals surface area contributed by atoms with Crippen molar-refractivity contribution in [2.24, 2.45) is 0 Å². The van der Waals surface area contributed by atoms with E-state index in [1.165, 1.54) is 0 Å². The van der Waals surface area contributed by atoms with Gasteiger partial charge in [-0.05, 0) is 0 Å². The van der Waals surface area contributed by atoms with E-state index in [-0.39, 0.29) is 11.2 Å². The maximum atomic E-state index is 12.2. The number of quaternary nitrogens is 1. The fraction of sp³-hybridized carbons (Fsp3) is 0.636. The molecule has 8 heteroatoms. The van der Waals surface area contributed by atoms with Crippen LogP contribution in [0.3, 0.4) is 0 Å². The molecule has 6 nitrogen and oxygen atoms in total. The van der Waals surface area contributed by atoms with Crippen molar-refractivity contribution in [3.8, 4) is 11.5 Å². The largest absolute Gasteiger partial charge is 0.485 e. The van der Waals surface area contributed by atoms with Gasteiger partial charge in [-0.15, -0.1) is 11.3 Å². The van der Waals surface area contributed by atoms with Crippen LogP contribution in [0.5, 0.6) is 11.5 Å². The first kappa shape index (κ1) is 14.8. The van der Waals surface area contributed by atoms with E-state index in [1.807, 2.05) is 21.1 Å². The molecule has 108 valence electrons. The Balaban J connectivity index is 2.07. The zero-order valence-corrected chi connectivity index (χ0v) is 13.0. The lowest BCUT2D eigenvalue weighted by Gasteiger charge is -2.24. The van der Waals surface area contributed by atoms with E-state index in [0.717, 1.165) is 11.3 Å². The minimum atomic E-state index is -3.84. The van der Waals surface area contributed by atoms with Gasteiger partial charge in [0, 0.05) is 5.38 Å². The van der Waals surface area contributed by atoms with E-state index in [4.69, 9.17) is 14.0 Å².